The third kappa shape index (κ3) is 5.13. The summed E-state index contributed by atoms with van der Waals surface area (Å²) in [6.07, 6.45) is -1.54. The number of ether oxygens (including phenoxy) is 2. The van der Waals surface area contributed by atoms with Gasteiger partial charge in [0.05, 0.1) is 23.5 Å². The van der Waals surface area contributed by atoms with Crippen LogP contribution in [0.2, 0.25) is 0 Å². The van der Waals surface area contributed by atoms with Crippen LogP contribution in [-0.2, 0) is 30.8 Å². The first-order valence-electron chi connectivity index (χ1n) is 9.39. The molecule has 10 heteroatoms. The predicted octanol–water partition coefficient (Wildman–Crippen LogP) is 2.75. The van der Waals surface area contributed by atoms with Gasteiger partial charge in [0, 0.05) is 0 Å². The predicted molar refractivity (Wildman–Crippen MR) is 109 cm³/mol. The van der Waals surface area contributed by atoms with E-state index in [1.165, 1.54) is 18.2 Å². The molecule has 1 heterocycles. The second-order valence-electron chi connectivity index (χ2n) is 8.00. The van der Waals surface area contributed by atoms with Crippen molar-refractivity contribution in [1.82, 2.24) is 0 Å². The molecule has 2 aromatic carbocycles. The van der Waals surface area contributed by atoms with Crippen LogP contribution in [-0.4, -0.2) is 43.7 Å². The number of sulfonamides is 1. The Kier molecular flexibility index (Phi) is 5.95. The summed E-state index contributed by atoms with van der Waals surface area (Å²) in [7, 11) is -4.23. The standard InChI is InChI=1S/C21H22FNO7S/c1-21(2,3)30-19(24)11-13-4-9-17-16(10-13)23(12-18(29-17)20(25)26)31(27,28)15-7-5-14(22)6-8-15/h4-10,18H,11-12H2,1-3H3,(H,25,26)/t18-/m1/s1. The first-order valence-corrected chi connectivity index (χ1v) is 10.8. The van der Waals surface area contributed by atoms with Crippen molar-refractivity contribution in [3.63, 3.8) is 0 Å². The van der Waals surface area contributed by atoms with Crippen molar-refractivity contribution in [3.8, 4) is 5.75 Å². The average molecular weight is 451 g/mol. The second-order valence-corrected chi connectivity index (χ2v) is 9.86. The van der Waals surface area contributed by atoms with E-state index in [0.29, 0.717) is 5.56 Å². The van der Waals surface area contributed by atoms with Crippen LogP contribution in [0.1, 0.15) is 26.3 Å². The summed E-state index contributed by atoms with van der Waals surface area (Å²) < 4.78 is 51.3. The maximum Gasteiger partial charge on any atom is 0.346 e. The van der Waals surface area contributed by atoms with Gasteiger partial charge in [-0.05, 0) is 62.7 Å². The van der Waals surface area contributed by atoms with Crippen molar-refractivity contribution >= 4 is 27.6 Å². The van der Waals surface area contributed by atoms with E-state index in [-0.39, 0.29) is 22.8 Å². The van der Waals surface area contributed by atoms with Crippen molar-refractivity contribution in [2.45, 2.75) is 43.8 Å². The van der Waals surface area contributed by atoms with Gasteiger partial charge in [0.25, 0.3) is 10.0 Å². The third-order valence-corrected chi connectivity index (χ3v) is 6.13. The monoisotopic (exact) mass is 451 g/mol. The number of anilines is 1. The maximum atomic E-state index is 13.3. The number of fused-ring (bicyclic) bond motifs is 1. The topological polar surface area (TPSA) is 110 Å². The van der Waals surface area contributed by atoms with Crippen LogP contribution >= 0.6 is 0 Å². The lowest BCUT2D eigenvalue weighted by molar-refractivity contribution is -0.154. The molecule has 0 fully saturated rings. The summed E-state index contributed by atoms with van der Waals surface area (Å²) in [4.78, 5) is 23.5. The Balaban J connectivity index is 2.01. The van der Waals surface area contributed by atoms with Crippen LogP contribution in [0.5, 0.6) is 5.75 Å². The molecule has 0 bridgehead atoms. The van der Waals surface area contributed by atoms with E-state index < -0.39 is 46.0 Å². The Hall–Kier alpha value is -3.14. The van der Waals surface area contributed by atoms with E-state index >= 15 is 0 Å². The number of carboxylic acid groups (broad SMARTS) is 1. The number of hydrogen-bond donors (Lipinski definition) is 1. The van der Waals surface area contributed by atoms with E-state index in [2.05, 4.69) is 0 Å². The van der Waals surface area contributed by atoms with Crippen molar-refractivity contribution in [1.29, 1.82) is 0 Å². The molecule has 0 spiro atoms. The van der Waals surface area contributed by atoms with E-state index in [9.17, 15) is 27.5 Å². The summed E-state index contributed by atoms with van der Waals surface area (Å²) >= 11 is 0. The molecule has 1 aliphatic heterocycles. The minimum atomic E-state index is -4.23. The summed E-state index contributed by atoms with van der Waals surface area (Å²) in [5, 5.41) is 9.38. The molecule has 8 nitrogen and oxygen atoms in total. The Labute approximate surface area is 179 Å². The van der Waals surface area contributed by atoms with E-state index in [4.69, 9.17) is 9.47 Å². The zero-order valence-electron chi connectivity index (χ0n) is 17.2. The van der Waals surface area contributed by atoms with Crippen LogP contribution in [0.3, 0.4) is 0 Å². The van der Waals surface area contributed by atoms with Gasteiger partial charge in [0.2, 0.25) is 6.10 Å². The molecule has 3 rings (SSSR count). The first kappa shape index (κ1) is 22.5. The van der Waals surface area contributed by atoms with Crippen LogP contribution < -0.4 is 9.04 Å². The lowest BCUT2D eigenvalue weighted by Crippen LogP contribution is -2.47. The number of rotatable bonds is 5. The molecule has 1 aliphatic rings. The number of hydrogen-bond acceptors (Lipinski definition) is 6. The quantitative estimate of drug-likeness (QED) is 0.696. The maximum absolute atomic E-state index is 13.3. The van der Waals surface area contributed by atoms with Gasteiger partial charge in [-0.25, -0.2) is 17.6 Å². The molecule has 31 heavy (non-hydrogen) atoms. The van der Waals surface area contributed by atoms with Crippen LogP contribution in [0.15, 0.2) is 47.4 Å². The van der Waals surface area contributed by atoms with E-state index in [0.717, 1.165) is 28.6 Å². The molecule has 0 saturated heterocycles. The number of carboxylic acids is 1. The molecule has 0 unspecified atom stereocenters. The molecule has 0 amide bonds. The van der Waals surface area contributed by atoms with Crippen molar-refractivity contribution in [2.24, 2.45) is 0 Å². The molecule has 1 atom stereocenters. The first-order chi connectivity index (χ1) is 14.4. The zero-order valence-corrected chi connectivity index (χ0v) is 18.0. The summed E-state index contributed by atoms with van der Waals surface area (Å²) in [5.74, 6) is -2.40. The molecular weight excluding hydrogens is 429 g/mol. The Morgan fingerprint density at radius 3 is 2.42 bits per heavy atom. The molecule has 0 aliphatic carbocycles. The molecular formula is C21H22FNO7S. The molecule has 166 valence electrons. The number of esters is 1. The van der Waals surface area contributed by atoms with Crippen LogP contribution in [0, 0.1) is 5.82 Å². The van der Waals surface area contributed by atoms with Gasteiger partial charge in [0.15, 0.2) is 0 Å². The summed E-state index contributed by atoms with van der Waals surface area (Å²) in [5.41, 5.74) is -0.131. The molecule has 2 aromatic rings. The fourth-order valence-electron chi connectivity index (χ4n) is 3.04. The van der Waals surface area contributed by atoms with Gasteiger partial charge in [-0.3, -0.25) is 9.10 Å². The minimum Gasteiger partial charge on any atom is -0.478 e. The summed E-state index contributed by atoms with van der Waals surface area (Å²) in [6, 6.07) is 8.59. The van der Waals surface area contributed by atoms with Gasteiger partial charge >= 0.3 is 11.9 Å². The normalized spacial score (nSPS) is 16.3. The third-order valence-electron chi connectivity index (χ3n) is 4.34. The molecule has 0 saturated carbocycles. The van der Waals surface area contributed by atoms with Crippen LogP contribution in [0.4, 0.5) is 10.1 Å². The van der Waals surface area contributed by atoms with Crippen molar-refractivity contribution in [3.05, 3.63) is 53.8 Å². The molecule has 1 N–H and O–H groups in total. The van der Waals surface area contributed by atoms with Gasteiger partial charge in [-0.1, -0.05) is 6.07 Å². The molecule has 0 aromatic heterocycles. The minimum absolute atomic E-state index is 0.0391. The fraction of sp³-hybridized carbons (Fsp3) is 0.333. The number of carbonyl (C=O) groups is 2. The zero-order chi connectivity index (χ0) is 23.0. The van der Waals surface area contributed by atoms with Gasteiger partial charge in [-0.15, -0.1) is 0 Å². The fourth-order valence-corrected chi connectivity index (χ4v) is 4.51. The number of halogens is 1. The van der Waals surface area contributed by atoms with Gasteiger partial charge in [-0.2, -0.15) is 0 Å². The largest absolute Gasteiger partial charge is 0.478 e. The highest BCUT2D eigenvalue weighted by molar-refractivity contribution is 7.92. The van der Waals surface area contributed by atoms with Crippen molar-refractivity contribution < 1.29 is 37.0 Å². The number of benzene rings is 2. The van der Waals surface area contributed by atoms with Gasteiger partial charge < -0.3 is 14.6 Å². The number of aliphatic carboxylic acids is 1. The number of nitrogens with zero attached hydrogens (tertiary/aromatic N) is 1. The SMILES string of the molecule is CC(C)(C)OC(=O)Cc1ccc2c(c1)N(S(=O)(=O)c1ccc(F)cc1)C[C@H](C(=O)O)O2. The van der Waals surface area contributed by atoms with Gasteiger partial charge in [0.1, 0.15) is 17.2 Å². The average Bonchev–Trinajstić information content (AvgIpc) is 2.65. The van der Waals surface area contributed by atoms with E-state index in [1.807, 2.05) is 0 Å². The van der Waals surface area contributed by atoms with E-state index in [1.54, 1.807) is 20.8 Å². The Bertz CT molecular complexity index is 1110. The Morgan fingerprint density at radius 1 is 1.19 bits per heavy atom. The highest BCUT2D eigenvalue weighted by Crippen LogP contribution is 2.38. The number of carbonyl (C=O) groups excluding carboxylic acids is 1. The smallest absolute Gasteiger partial charge is 0.346 e. The Morgan fingerprint density at radius 2 is 1.84 bits per heavy atom. The lowest BCUT2D eigenvalue weighted by Gasteiger charge is -2.34. The highest BCUT2D eigenvalue weighted by atomic mass is 32.2. The highest BCUT2D eigenvalue weighted by Gasteiger charge is 2.38. The van der Waals surface area contributed by atoms with Crippen molar-refractivity contribution in [2.75, 3.05) is 10.8 Å². The second kappa shape index (κ2) is 8.18. The lowest BCUT2D eigenvalue weighted by atomic mass is 10.1. The van der Waals surface area contributed by atoms with Crippen LogP contribution in [0.25, 0.3) is 0 Å². The molecule has 0 radical (unpaired) electrons. The summed E-state index contributed by atoms with van der Waals surface area (Å²) in [6.45, 7) is 4.70.